The molecular weight excluding hydrogens is 257 g/mol. The number of amides is 1. The highest BCUT2D eigenvalue weighted by atomic mass is 19.4. The van der Waals surface area contributed by atoms with Gasteiger partial charge in [-0.05, 0) is 19.4 Å². The summed E-state index contributed by atoms with van der Waals surface area (Å²) in [6.45, 7) is 6.42. The summed E-state index contributed by atoms with van der Waals surface area (Å²) in [4.78, 5) is 13.7. The first-order valence-corrected chi connectivity index (χ1v) is 6.53. The molecular formula is C13H23F3N2O. The smallest absolute Gasteiger partial charge is 0.352 e. The van der Waals surface area contributed by atoms with Crippen LogP contribution in [-0.2, 0) is 4.79 Å². The predicted octanol–water partition coefficient (Wildman–Crippen LogP) is 2.42. The predicted molar refractivity (Wildman–Crippen MR) is 67.7 cm³/mol. The largest absolute Gasteiger partial charge is 0.389 e. The van der Waals surface area contributed by atoms with E-state index < -0.39 is 23.9 Å². The van der Waals surface area contributed by atoms with Gasteiger partial charge in [-0.3, -0.25) is 4.79 Å². The first kappa shape index (κ1) is 16.3. The summed E-state index contributed by atoms with van der Waals surface area (Å²) in [5.41, 5.74) is -0.518. The molecule has 19 heavy (non-hydrogen) atoms. The van der Waals surface area contributed by atoms with Gasteiger partial charge in [-0.2, -0.15) is 13.2 Å². The maximum absolute atomic E-state index is 12.4. The Bertz CT molecular complexity index is 323. The molecule has 6 heteroatoms. The number of alkyl halides is 3. The van der Waals surface area contributed by atoms with Gasteiger partial charge < -0.3 is 10.2 Å². The maximum Gasteiger partial charge on any atom is 0.389 e. The third-order valence-corrected chi connectivity index (χ3v) is 3.26. The van der Waals surface area contributed by atoms with E-state index in [1.54, 1.807) is 27.8 Å². The molecule has 2 atom stereocenters. The standard InChI is InChI=1S/C13H23F3N2O/c1-12(2,3)11(19)17-10-5-9(6-13(14,15)16)7-18(4)8-10/h9-10H,5-8H2,1-4H3,(H,17,19). The van der Waals surface area contributed by atoms with E-state index in [1.165, 1.54) is 0 Å². The van der Waals surface area contributed by atoms with Crippen molar-refractivity contribution in [1.29, 1.82) is 0 Å². The zero-order valence-corrected chi connectivity index (χ0v) is 12.0. The number of hydrogen-bond donors (Lipinski definition) is 1. The van der Waals surface area contributed by atoms with Gasteiger partial charge in [-0.1, -0.05) is 20.8 Å². The molecule has 1 saturated heterocycles. The molecule has 1 heterocycles. The summed E-state index contributed by atoms with van der Waals surface area (Å²) in [6, 6.07) is -0.196. The van der Waals surface area contributed by atoms with Crippen LogP contribution in [-0.4, -0.2) is 43.2 Å². The number of carbonyl (C=O) groups excluding carboxylic acids is 1. The van der Waals surface area contributed by atoms with Gasteiger partial charge in [0.05, 0.1) is 0 Å². The van der Waals surface area contributed by atoms with Crippen LogP contribution >= 0.6 is 0 Å². The zero-order valence-electron chi connectivity index (χ0n) is 12.0. The summed E-state index contributed by atoms with van der Waals surface area (Å²) in [5, 5.41) is 2.86. The number of piperidine rings is 1. The summed E-state index contributed by atoms with van der Waals surface area (Å²) < 4.78 is 37.3. The highest BCUT2D eigenvalue weighted by Gasteiger charge is 2.36. The number of likely N-dealkylation sites (N-methyl/N-ethyl adjacent to an activating group) is 1. The fourth-order valence-electron chi connectivity index (χ4n) is 2.42. The third-order valence-electron chi connectivity index (χ3n) is 3.26. The SMILES string of the molecule is CN1CC(CC(F)(F)F)CC(NC(=O)C(C)(C)C)C1. The second kappa shape index (κ2) is 5.69. The van der Waals surface area contributed by atoms with Gasteiger partial charge in [0.25, 0.3) is 0 Å². The molecule has 0 aromatic rings. The van der Waals surface area contributed by atoms with Crippen LogP contribution in [0.2, 0.25) is 0 Å². The molecule has 0 aliphatic carbocycles. The van der Waals surface area contributed by atoms with E-state index >= 15 is 0 Å². The molecule has 3 nitrogen and oxygen atoms in total. The molecule has 112 valence electrons. The minimum Gasteiger partial charge on any atom is -0.352 e. The van der Waals surface area contributed by atoms with Crippen molar-refractivity contribution < 1.29 is 18.0 Å². The normalized spacial score (nSPS) is 26.3. The first-order valence-electron chi connectivity index (χ1n) is 6.53. The van der Waals surface area contributed by atoms with Crippen LogP contribution < -0.4 is 5.32 Å². The van der Waals surface area contributed by atoms with E-state index in [2.05, 4.69) is 5.32 Å². The molecule has 0 spiro atoms. The molecule has 0 bridgehead atoms. The van der Waals surface area contributed by atoms with Gasteiger partial charge >= 0.3 is 6.18 Å². The number of carbonyl (C=O) groups is 1. The van der Waals surface area contributed by atoms with Crippen LogP contribution in [0.15, 0.2) is 0 Å². The van der Waals surface area contributed by atoms with E-state index in [9.17, 15) is 18.0 Å². The number of likely N-dealkylation sites (tertiary alicyclic amines) is 1. The first-order chi connectivity index (χ1) is 8.47. The van der Waals surface area contributed by atoms with Crippen molar-refractivity contribution in [2.24, 2.45) is 11.3 Å². The van der Waals surface area contributed by atoms with Crippen molar-refractivity contribution in [3.63, 3.8) is 0 Å². The molecule has 0 saturated carbocycles. The number of nitrogens with zero attached hydrogens (tertiary/aromatic N) is 1. The summed E-state index contributed by atoms with van der Waals surface area (Å²) in [6.07, 6.45) is -4.52. The van der Waals surface area contributed by atoms with E-state index in [-0.39, 0.29) is 11.9 Å². The second-order valence-electron chi connectivity index (χ2n) is 6.56. The highest BCUT2D eigenvalue weighted by Crippen LogP contribution is 2.30. The molecule has 0 radical (unpaired) electrons. The fourth-order valence-corrected chi connectivity index (χ4v) is 2.42. The van der Waals surface area contributed by atoms with Crippen molar-refractivity contribution in [3.8, 4) is 0 Å². The van der Waals surface area contributed by atoms with Gasteiger partial charge in [0.2, 0.25) is 5.91 Å². The monoisotopic (exact) mass is 280 g/mol. The van der Waals surface area contributed by atoms with E-state index in [0.29, 0.717) is 19.5 Å². The van der Waals surface area contributed by atoms with Crippen molar-refractivity contribution in [2.45, 2.75) is 45.8 Å². The zero-order chi connectivity index (χ0) is 14.8. The third kappa shape index (κ3) is 5.80. The number of halogens is 3. The summed E-state index contributed by atoms with van der Waals surface area (Å²) in [7, 11) is 1.79. The van der Waals surface area contributed by atoms with Crippen molar-refractivity contribution in [3.05, 3.63) is 0 Å². The molecule has 1 N–H and O–H groups in total. The van der Waals surface area contributed by atoms with Crippen LogP contribution in [0.25, 0.3) is 0 Å². The number of rotatable bonds is 2. The molecule has 0 aromatic heterocycles. The molecule has 1 aliphatic heterocycles. The highest BCUT2D eigenvalue weighted by molar-refractivity contribution is 5.81. The van der Waals surface area contributed by atoms with Crippen LogP contribution in [0.1, 0.15) is 33.6 Å². The Labute approximate surface area is 112 Å². The number of hydrogen-bond acceptors (Lipinski definition) is 2. The molecule has 0 aromatic carbocycles. The lowest BCUT2D eigenvalue weighted by molar-refractivity contribution is -0.148. The molecule has 2 unspecified atom stereocenters. The van der Waals surface area contributed by atoms with E-state index in [1.807, 2.05) is 4.90 Å². The van der Waals surface area contributed by atoms with Crippen molar-refractivity contribution in [1.82, 2.24) is 10.2 Å². The molecule has 1 aliphatic rings. The number of nitrogens with one attached hydrogen (secondary N) is 1. The van der Waals surface area contributed by atoms with Crippen molar-refractivity contribution >= 4 is 5.91 Å². The Morgan fingerprint density at radius 2 is 1.84 bits per heavy atom. The van der Waals surface area contributed by atoms with Crippen LogP contribution in [0.5, 0.6) is 0 Å². The summed E-state index contributed by atoms with van der Waals surface area (Å²) in [5.74, 6) is -0.553. The van der Waals surface area contributed by atoms with Crippen molar-refractivity contribution in [2.75, 3.05) is 20.1 Å². The van der Waals surface area contributed by atoms with Crippen LogP contribution in [0.3, 0.4) is 0 Å². The fraction of sp³-hybridized carbons (Fsp3) is 0.923. The van der Waals surface area contributed by atoms with Crippen LogP contribution in [0, 0.1) is 11.3 Å². The average molecular weight is 280 g/mol. The van der Waals surface area contributed by atoms with Gasteiger partial charge in [-0.25, -0.2) is 0 Å². The maximum atomic E-state index is 12.4. The lowest BCUT2D eigenvalue weighted by atomic mass is 9.89. The Morgan fingerprint density at radius 1 is 1.26 bits per heavy atom. The minimum atomic E-state index is -4.14. The quantitative estimate of drug-likeness (QED) is 0.842. The van der Waals surface area contributed by atoms with Gasteiger partial charge in [0.1, 0.15) is 0 Å². The lowest BCUT2D eigenvalue weighted by Crippen LogP contribution is -2.52. The topological polar surface area (TPSA) is 32.3 Å². The van der Waals surface area contributed by atoms with E-state index in [0.717, 1.165) is 0 Å². The van der Waals surface area contributed by atoms with Gasteiger partial charge in [-0.15, -0.1) is 0 Å². The lowest BCUT2D eigenvalue weighted by Gasteiger charge is -2.37. The second-order valence-corrected chi connectivity index (χ2v) is 6.56. The summed E-state index contributed by atoms with van der Waals surface area (Å²) >= 11 is 0. The molecule has 1 amide bonds. The molecule has 1 rings (SSSR count). The minimum absolute atomic E-state index is 0.112. The Hall–Kier alpha value is -0.780. The molecule has 1 fully saturated rings. The van der Waals surface area contributed by atoms with Gasteiger partial charge in [0, 0.05) is 31.0 Å². The van der Waals surface area contributed by atoms with Gasteiger partial charge in [0.15, 0.2) is 0 Å². The van der Waals surface area contributed by atoms with Crippen LogP contribution in [0.4, 0.5) is 13.2 Å². The Kier molecular flexibility index (Phi) is 4.87. The van der Waals surface area contributed by atoms with E-state index in [4.69, 9.17) is 0 Å². The Morgan fingerprint density at radius 3 is 2.32 bits per heavy atom. The Balaban J connectivity index is 2.58. The average Bonchev–Trinajstić information content (AvgIpc) is 2.11.